The molecule has 0 radical (unpaired) electrons. The molecule has 0 unspecified atom stereocenters. The van der Waals surface area contributed by atoms with Crippen LogP contribution in [0.25, 0.3) is 0 Å². The van der Waals surface area contributed by atoms with E-state index in [1.165, 1.54) is 24.3 Å². The van der Waals surface area contributed by atoms with E-state index in [2.05, 4.69) is 5.32 Å². The van der Waals surface area contributed by atoms with E-state index in [1.54, 1.807) is 12.1 Å². The van der Waals surface area contributed by atoms with E-state index in [1.807, 2.05) is 50.2 Å². The van der Waals surface area contributed by atoms with Crippen molar-refractivity contribution in [2.24, 2.45) is 0 Å². The van der Waals surface area contributed by atoms with Gasteiger partial charge in [0.2, 0.25) is 5.91 Å². The van der Waals surface area contributed by atoms with E-state index >= 15 is 0 Å². The molecule has 0 atom stereocenters. The third-order valence-corrected chi connectivity index (χ3v) is 6.77. The van der Waals surface area contributed by atoms with Gasteiger partial charge in [-0.2, -0.15) is 0 Å². The van der Waals surface area contributed by atoms with E-state index < -0.39 is 15.9 Å². The second-order valence-electron chi connectivity index (χ2n) is 6.81. The van der Waals surface area contributed by atoms with E-state index in [4.69, 9.17) is 11.6 Å². The first-order valence-electron chi connectivity index (χ1n) is 9.54. The Hall–Kier alpha value is -2.83. The van der Waals surface area contributed by atoms with Crippen molar-refractivity contribution < 1.29 is 13.2 Å². The fourth-order valence-electron chi connectivity index (χ4n) is 3.15. The van der Waals surface area contributed by atoms with Gasteiger partial charge < -0.3 is 5.32 Å². The van der Waals surface area contributed by atoms with Crippen molar-refractivity contribution in [3.05, 3.63) is 88.9 Å². The highest BCUT2D eigenvalue weighted by Gasteiger charge is 2.28. The number of benzene rings is 3. The molecule has 0 aliphatic heterocycles. The van der Waals surface area contributed by atoms with E-state index in [0.717, 1.165) is 21.9 Å². The van der Waals surface area contributed by atoms with Crippen LogP contribution in [-0.2, 0) is 21.2 Å². The Morgan fingerprint density at radius 2 is 1.60 bits per heavy atom. The van der Waals surface area contributed by atoms with Crippen LogP contribution in [0.2, 0.25) is 5.02 Å². The Balaban J connectivity index is 1.97. The molecule has 0 aliphatic rings. The monoisotopic (exact) mass is 442 g/mol. The number of carbonyl (C=O) groups is 1. The largest absolute Gasteiger partial charge is 0.324 e. The molecule has 0 bridgehead atoms. The van der Waals surface area contributed by atoms with Crippen molar-refractivity contribution in [3.63, 3.8) is 0 Å². The molecule has 3 aromatic carbocycles. The lowest BCUT2D eigenvalue weighted by Gasteiger charge is -2.25. The van der Waals surface area contributed by atoms with Gasteiger partial charge in [0.1, 0.15) is 6.54 Å². The molecular formula is C23H23ClN2O3S. The SMILES string of the molecule is CCc1ccccc1NC(=O)CN(c1ccccc1C)S(=O)(=O)c1ccc(Cl)cc1. The van der Waals surface area contributed by atoms with Gasteiger partial charge in [-0.15, -0.1) is 0 Å². The normalized spacial score (nSPS) is 11.2. The maximum Gasteiger partial charge on any atom is 0.264 e. The van der Waals surface area contributed by atoms with Crippen molar-refractivity contribution in [1.82, 2.24) is 0 Å². The highest BCUT2D eigenvalue weighted by Crippen LogP contribution is 2.27. The lowest BCUT2D eigenvalue weighted by Crippen LogP contribution is -2.38. The molecule has 0 spiro atoms. The highest BCUT2D eigenvalue weighted by atomic mass is 35.5. The lowest BCUT2D eigenvalue weighted by molar-refractivity contribution is -0.114. The first-order chi connectivity index (χ1) is 14.3. The summed E-state index contributed by atoms with van der Waals surface area (Å²) in [5.74, 6) is -0.420. The Morgan fingerprint density at radius 1 is 0.967 bits per heavy atom. The van der Waals surface area contributed by atoms with Crippen molar-refractivity contribution in [1.29, 1.82) is 0 Å². The summed E-state index contributed by atoms with van der Waals surface area (Å²) < 4.78 is 28.0. The average Bonchev–Trinajstić information content (AvgIpc) is 2.73. The molecule has 156 valence electrons. The predicted octanol–water partition coefficient (Wildman–Crippen LogP) is 5.04. The van der Waals surface area contributed by atoms with Gasteiger partial charge in [-0.1, -0.05) is 54.9 Å². The molecule has 0 saturated heterocycles. The van der Waals surface area contributed by atoms with Gasteiger partial charge in [0, 0.05) is 10.7 Å². The van der Waals surface area contributed by atoms with Gasteiger partial charge in [0.05, 0.1) is 10.6 Å². The first-order valence-corrected chi connectivity index (χ1v) is 11.4. The van der Waals surface area contributed by atoms with Crippen LogP contribution in [0.3, 0.4) is 0 Å². The molecule has 5 nitrogen and oxygen atoms in total. The zero-order valence-corrected chi connectivity index (χ0v) is 18.4. The molecule has 3 rings (SSSR count). The summed E-state index contributed by atoms with van der Waals surface area (Å²) in [4.78, 5) is 12.9. The number of para-hydroxylation sites is 2. The van der Waals surface area contributed by atoms with Gasteiger partial charge >= 0.3 is 0 Å². The third kappa shape index (κ3) is 4.83. The summed E-state index contributed by atoms with van der Waals surface area (Å²) in [6.45, 7) is 3.45. The molecule has 0 heterocycles. The molecule has 3 aromatic rings. The zero-order valence-electron chi connectivity index (χ0n) is 16.8. The fraction of sp³-hybridized carbons (Fsp3) is 0.174. The Labute approximate surface area is 182 Å². The number of rotatable bonds is 7. The minimum absolute atomic E-state index is 0.0666. The molecule has 0 aliphatic carbocycles. The van der Waals surface area contributed by atoms with Crippen LogP contribution in [0.5, 0.6) is 0 Å². The molecule has 0 fully saturated rings. The standard InChI is InChI=1S/C23H23ClN2O3S/c1-3-18-9-5-6-10-21(18)25-23(27)16-26(22-11-7-4-8-17(22)2)30(28,29)20-14-12-19(24)13-15-20/h4-15H,3,16H2,1-2H3,(H,25,27). The third-order valence-electron chi connectivity index (χ3n) is 4.75. The number of hydrogen-bond acceptors (Lipinski definition) is 3. The summed E-state index contributed by atoms with van der Waals surface area (Å²) >= 11 is 5.91. The van der Waals surface area contributed by atoms with Crippen molar-refractivity contribution >= 4 is 38.9 Å². The van der Waals surface area contributed by atoms with Crippen LogP contribution in [0.4, 0.5) is 11.4 Å². The number of amides is 1. The van der Waals surface area contributed by atoms with Crippen LogP contribution >= 0.6 is 11.6 Å². The molecule has 1 amide bonds. The molecule has 0 saturated carbocycles. The number of anilines is 2. The highest BCUT2D eigenvalue weighted by molar-refractivity contribution is 7.92. The van der Waals surface area contributed by atoms with Gasteiger partial charge in [0.15, 0.2) is 0 Å². The van der Waals surface area contributed by atoms with Crippen LogP contribution in [0, 0.1) is 6.92 Å². The Bertz CT molecular complexity index is 1150. The molecule has 7 heteroatoms. The van der Waals surface area contributed by atoms with Crippen LogP contribution in [-0.4, -0.2) is 20.9 Å². The topological polar surface area (TPSA) is 66.5 Å². The summed E-state index contributed by atoms with van der Waals surface area (Å²) in [5.41, 5.74) is 2.86. The number of aryl methyl sites for hydroxylation is 2. The van der Waals surface area contributed by atoms with Crippen LogP contribution in [0.15, 0.2) is 77.7 Å². The van der Waals surface area contributed by atoms with E-state index in [-0.39, 0.29) is 11.4 Å². The smallest absolute Gasteiger partial charge is 0.264 e. The number of carbonyl (C=O) groups excluding carboxylic acids is 1. The molecule has 30 heavy (non-hydrogen) atoms. The van der Waals surface area contributed by atoms with E-state index in [0.29, 0.717) is 16.4 Å². The van der Waals surface area contributed by atoms with Gasteiger partial charge in [-0.05, 0) is 60.9 Å². The number of nitrogens with zero attached hydrogens (tertiary/aromatic N) is 1. The predicted molar refractivity (Wildman–Crippen MR) is 122 cm³/mol. The molecule has 1 N–H and O–H groups in total. The van der Waals surface area contributed by atoms with Crippen molar-refractivity contribution in [2.45, 2.75) is 25.2 Å². The minimum atomic E-state index is -3.98. The zero-order chi connectivity index (χ0) is 21.7. The van der Waals surface area contributed by atoms with Gasteiger partial charge in [0.25, 0.3) is 10.0 Å². The first kappa shape index (κ1) is 21.9. The number of halogens is 1. The summed E-state index contributed by atoms with van der Waals surface area (Å²) in [6.07, 6.45) is 0.751. The summed E-state index contributed by atoms with van der Waals surface area (Å²) in [5, 5.41) is 3.28. The maximum atomic E-state index is 13.4. The maximum absolute atomic E-state index is 13.4. The lowest BCUT2D eigenvalue weighted by atomic mass is 10.1. The molecular weight excluding hydrogens is 420 g/mol. The molecule has 0 aromatic heterocycles. The number of nitrogens with one attached hydrogen (secondary N) is 1. The van der Waals surface area contributed by atoms with Crippen LogP contribution in [0.1, 0.15) is 18.1 Å². The second kappa shape index (κ2) is 9.32. The van der Waals surface area contributed by atoms with Gasteiger partial charge in [-0.3, -0.25) is 9.10 Å². The fourth-order valence-corrected chi connectivity index (χ4v) is 4.76. The van der Waals surface area contributed by atoms with Gasteiger partial charge in [-0.25, -0.2) is 8.42 Å². The van der Waals surface area contributed by atoms with Crippen LogP contribution < -0.4 is 9.62 Å². The summed E-state index contributed by atoms with van der Waals surface area (Å²) in [6, 6.07) is 20.4. The van der Waals surface area contributed by atoms with Crippen molar-refractivity contribution in [2.75, 3.05) is 16.2 Å². The number of hydrogen-bond donors (Lipinski definition) is 1. The van der Waals surface area contributed by atoms with Crippen molar-refractivity contribution in [3.8, 4) is 0 Å². The second-order valence-corrected chi connectivity index (χ2v) is 9.11. The quantitative estimate of drug-likeness (QED) is 0.557. The Morgan fingerprint density at radius 3 is 2.27 bits per heavy atom. The summed E-state index contributed by atoms with van der Waals surface area (Å²) in [7, 11) is -3.98. The Kier molecular flexibility index (Phi) is 6.80. The number of sulfonamides is 1. The van der Waals surface area contributed by atoms with E-state index in [9.17, 15) is 13.2 Å². The average molecular weight is 443 g/mol. The minimum Gasteiger partial charge on any atom is -0.324 e.